The molecule has 1 aromatic carbocycles. The van der Waals surface area contributed by atoms with Crippen LogP contribution in [-0.4, -0.2) is 37.3 Å². The molecule has 0 atom stereocenters. The number of hydrogen-bond donors (Lipinski definition) is 3. The van der Waals surface area contributed by atoms with E-state index < -0.39 is 0 Å². The second-order valence-corrected chi connectivity index (χ2v) is 4.25. The van der Waals surface area contributed by atoms with Crippen molar-refractivity contribution in [3.63, 3.8) is 0 Å². The van der Waals surface area contributed by atoms with Crippen LogP contribution in [0.5, 0.6) is 5.75 Å². The van der Waals surface area contributed by atoms with Gasteiger partial charge in [0.2, 0.25) is 5.91 Å². The van der Waals surface area contributed by atoms with Crippen molar-refractivity contribution < 1.29 is 19.5 Å². The average Bonchev–Trinajstić information content (AvgIpc) is 2.51. The van der Waals surface area contributed by atoms with E-state index in [1.165, 1.54) is 7.11 Å². The molecule has 7 nitrogen and oxygen atoms in total. The first-order valence-electron chi connectivity index (χ1n) is 6.65. The molecule has 1 rings (SSSR count). The number of nitrogens with zero attached hydrogens (tertiary/aromatic N) is 1. The summed E-state index contributed by atoms with van der Waals surface area (Å²) < 4.78 is 10.4. The van der Waals surface area contributed by atoms with Gasteiger partial charge in [-0.05, 0) is 31.5 Å². The van der Waals surface area contributed by atoms with Gasteiger partial charge in [-0.1, -0.05) is 5.16 Å². The Labute approximate surface area is 123 Å². The van der Waals surface area contributed by atoms with Crippen molar-refractivity contribution in [3.05, 3.63) is 23.8 Å². The van der Waals surface area contributed by atoms with E-state index in [2.05, 4.69) is 10.5 Å². The number of carbonyl (C=O) groups is 1. The van der Waals surface area contributed by atoms with Gasteiger partial charge in [0.15, 0.2) is 5.84 Å². The van der Waals surface area contributed by atoms with Gasteiger partial charge in [-0.3, -0.25) is 4.79 Å². The summed E-state index contributed by atoms with van der Waals surface area (Å²) in [6.45, 7) is 3.11. The number of amides is 1. The molecule has 7 heteroatoms. The first kappa shape index (κ1) is 16.8. The molecule has 0 spiro atoms. The molecule has 0 aromatic heterocycles. The Morgan fingerprint density at radius 3 is 2.86 bits per heavy atom. The molecular weight excluding hydrogens is 274 g/mol. The van der Waals surface area contributed by atoms with Crippen LogP contribution in [0.2, 0.25) is 0 Å². The van der Waals surface area contributed by atoms with E-state index >= 15 is 0 Å². The zero-order valence-corrected chi connectivity index (χ0v) is 12.3. The standard InChI is InChI=1S/C14H21N3O4/c1-3-21-8-4-5-13(18)16-11-7-6-10(14(15)17-19)9-12(11)20-2/h6-7,9,19H,3-5,8H2,1-2H3,(H2,15,17)(H,16,18). The van der Waals surface area contributed by atoms with E-state index in [1.807, 2.05) is 6.92 Å². The quantitative estimate of drug-likeness (QED) is 0.222. The molecule has 0 unspecified atom stereocenters. The Kier molecular flexibility index (Phi) is 7.03. The molecule has 0 heterocycles. The first-order valence-corrected chi connectivity index (χ1v) is 6.65. The summed E-state index contributed by atoms with van der Waals surface area (Å²) in [6.07, 6.45) is 1.02. The number of anilines is 1. The van der Waals surface area contributed by atoms with Crippen LogP contribution < -0.4 is 15.8 Å². The molecule has 0 aliphatic heterocycles. The predicted octanol–water partition coefficient (Wildman–Crippen LogP) is 1.54. The number of ether oxygens (including phenoxy) is 2. The number of rotatable bonds is 8. The number of carbonyl (C=O) groups excluding carboxylic acids is 1. The molecule has 0 fully saturated rings. The monoisotopic (exact) mass is 295 g/mol. The smallest absolute Gasteiger partial charge is 0.224 e. The first-order chi connectivity index (χ1) is 10.1. The minimum absolute atomic E-state index is 0.0251. The summed E-state index contributed by atoms with van der Waals surface area (Å²) in [5.74, 6) is 0.296. The third-order valence-electron chi connectivity index (χ3n) is 2.78. The number of hydrogen-bond acceptors (Lipinski definition) is 5. The van der Waals surface area contributed by atoms with Gasteiger partial charge in [0.1, 0.15) is 5.75 Å². The van der Waals surface area contributed by atoms with Crippen molar-refractivity contribution in [2.75, 3.05) is 25.6 Å². The van der Waals surface area contributed by atoms with Crippen molar-refractivity contribution >= 4 is 17.4 Å². The molecule has 0 radical (unpaired) electrons. The third-order valence-corrected chi connectivity index (χ3v) is 2.78. The zero-order valence-electron chi connectivity index (χ0n) is 12.3. The van der Waals surface area contributed by atoms with Crippen LogP contribution in [0.15, 0.2) is 23.4 Å². The number of nitrogens with one attached hydrogen (secondary N) is 1. The lowest BCUT2D eigenvalue weighted by Crippen LogP contribution is -2.15. The molecule has 21 heavy (non-hydrogen) atoms. The summed E-state index contributed by atoms with van der Waals surface area (Å²) in [6, 6.07) is 4.87. The Bertz CT molecular complexity index is 503. The summed E-state index contributed by atoms with van der Waals surface area (Å²) >= 11 is 0. The minimum atomic E-state index is -0.121. The highest BCUT2D eigenvalue weighted by Crippen LogP contribution is 2.25. The maximum atomic E-state index is 11.8. The zero-order chi connectivity index (χ0) is 15.7. The Morgan fingerprint density at radius 1 is 1.48 bits per heavy atom. The summed E-state index contributed by atoms with van der Waals surface area (Å²) in [5, 5.41) is 14.3. The van der Waals surface area contributed by atoms with Gasteiger partial charge in [0.05, 0.1) is 12.8 Å². The highest BCUT2D eigenvalue weighted by molar-refractivity contribution is 5.99. The largest absolute Gasteiger partial charge is 0.495 e. The van der Waals surface area contributed by atoms with Gasteiger partial charge >= 0.3 is 0 Å². The summed E-state index contributed by atoms with van der Waals surface area (Å²) in [4.78, 5) is 11.8. The summed E-state index contributed by atoms with van der Waals surface area (Å²) in [7, 11) is 1.48. The minimum Gasteiger partial charge on any atom is -0.495 e. The van der Waals surface area contributed by atoms with Gasteiger partial charge in [-0.25, -0.2) is 0 Å². The number of methoxy groups -OCH3 is 1. The molecule has 0 saturated heterocycles. The topological polar surface area (TPSA) is 106 Å². The van der Waals surface area contributed by atoms with Crippen LogP contribution in [0.4, 0.5) is 5.69 Å². The number of amidine groups is 1. The fraction of sp³-hybridized carbons (Fsp3) is 0.429. The highest BCUT2D eigenvalue weighted by Gasteiger charge is 2.10. The predicted molar refractivity (Wildman–Crippen MR) is 79.9 cm³/mol. The molecule has 1 aromatic rings. The molecule has 4 N–H and O–H groups in total. The lowest BCUT2D eigenvalue weighted by Gasteiger charge is -2.11. The van der Waals surface area contributed by atoms with Gasteiger partial charge in [-0.15, -0.1) is 0 Å². The normalized spacial score (nSPS) is 11.2. The van der Waals surface area contributed by atoms with Gasteiger partial charge in [-0.2, -0.15) is 0 Å². The van der Waals surface area contributed by atoms with Gasteiger partial charge in [0.25, 0.3) is 0 Å². The van der Waals surface area contributed by atoms with Crippen LogP contribution in [0.25, 0.3) is 0 Å². The van der Waals surface area contributed by atoms with Crippen molar-refractivity contribution in [2.24, 2.45) is 10.9 Å². The van der Waals surface area contributed by atoms with Gasteiger partial charge in [0, 0.05) is 25.2 Å². The van der Waals surface area contributed by atoms with Crippen molar-refractivity contribution in [1.82, 2.24) is 0 Å². The van der Waals surface area contributed by atoms with E-state index in [1.54, 1.807) is 18.2 Å². The maximum absolute atomic E-state index is 11.8. The number of oxime groups is 1. The van der Waals surface area contributed by atoms with E-state index in [0.29, 0.717) is 43.1 Å². The highest BCUT2D eigenvalue weighted by atomic mass is 16.5. The van der Waals surface area contributed by atoms with Crippen LogP contribution >= 0.6 is 0 Å². The van der Waals surface area contributed by atoms with Crippen LogP contribution in [0, 0.1) is 0 Å². The second kappa shape index (κ2) is 8.80. The lowest BCUT2D eigenvalue weighted by molar-refractivity contribution is -0.116. The molecule has 0 aliphatic rings. The SMILES string of the molecule is CCOCCCC(=O)Nc1ccc(/C(N)=N/O)cc1OC. The Balaban J connectivity index is 2.68. The molecule has 1 amide bonds. The van der Waals surface area contributed by atoms with E-state index in [9.17, 15) is 4.79 Å². The Hall–Kier alpha value is -2.28. The average molecular weight is 295 g/mol. The Morgan fingerprint density at radius 2 is 2.24 bits per heavy atom. The summed E-state index contributed by atoms with van der Waals surface area (Å²) in [5.41, 5.74) is 6.55. The molecule has 116 valence electrons. The van der Waals surface area contributed by atoms with Crippen molar-refractivity contribution in [2.45, 2.75) is 19.8 Å². The molecular formula is C14H21N3O4. The van der Waals surface area contributed by atoms with E-state index in [-0.39, 0.29) is 11.7 Å². The van der Waals surface area contributed by atoms with Crippen LogP contribution in [0.1, 0.15) is 25.3 Å². The fourth-order valence-electron chi connectivity index (χ4n) is 1.70. The molecule has 0 aliphatic carbocycles. The second-order valence-electron chi connectivity index (χ2n) is 4.25. The van der Waals surface area contributed by atoms with E-state index in [4.69, 9.17) is 20.4 Å². The number of benzene rings is 1. The third kappa shape index (κ3) is 5.31. The van der Waals surface area contributed by atoms with Gasteiger partial charge < -0.3 is 25.7 Å². The van der Waals surface area contributed by atoms with Crippen molar-refractivity contribution in [1.29, 1.82) is 0 Å². The molecule has 0 bridgehead atoms. The maximum Gasteiger partial charge on any atom is 0.224 e. The lowest BCUT2D eigenvalue weighted by atomic mass is 10.1. The fourth-order valence-corrected chi connectivity index (χ4v) is 1.70. The molecule has 0 saturated carbocycles. The van der Waals surface area contributed by atoms with Crippen LogP contribution in [0.3, 0.4) is 0 Å². The van der Waals surface area contributed by atoms with Crippen molar-refractivity contribution in [3.8, 4) is 5.75 Å². The number of nitrogens with two attached hydrogens (primary N) is 1. The van der Waals surface area contributed by atoms with Crippen LogP contribution in [-0.2, 0) is 9.53 Å². The van der Waals surface area contributed by atoms with E-state index in [0.717, 1.165) is 0 Å².